The van der Waals surface area contributed by atoms with Crippen LogP contribution in [0.15, 0.2) is 54.6 Å². The van der Waals surface area contributed by atoms with E-state index in [2.05, 4.69) is 12.1 Å². The Labute approximate surface area is 135 Å². The highest BCUT2D eigenvalue weighted by atomic mass is 32.2. The van der Waals surface area contributed by atoms with Gasteiger partial charge in [-0.25, -0.2) is 0 Å². The molecule has 1 atom stereocenters. The summed E-state index contributed by atoms with van der Waals surface area (Å²) in [6.07, 6.45) is 0. The van der Waals surface area contributed by atoms with E-state index in [1.165, 1.54) is 5.56 Å². The molecule has 3 rings (SSSR count). The standard InChI is InChI=1S/C18H20N2OS/c19-12-14-6-8-16(9-7-14)18(21)20-10-11-22-13-17(20)15-4-2-1-3-5-15/h1-9,17H,10-13,19H2. The van der Waals surface area contributed by atoms with E-state index in [1.54, 1.807) is 0 Å². The van der Waals surface area contributed by atoms with Crippen molar-refractivity contribution in [1.82, 2.24) is 4.90 Å². The fourth-order valence-electron chi connectivity index (χ4n) is 2.75. The van der Waals surface area contributed by atoms with Gasteiger partial charge in [0.2, 0.25) is 0 Å². The largest absolute Gasteiger partial charge is 0.330 e. The predicted molar refractivity (Wildman–Crippen MR) is 91.9 cm³/mol. The van der Waals surface area contributed by atoms with Gasteiger partial charge in [0.25, 0.3) is 5.91 Å². The van der Waals surface area contributed by atoms with Gasteiger partial charge in [-0.3, -0.25) is 4.79 Å². The van der Waals surface area contributed by atoms with Gasteiger partial charge in [-0.2, -0.15) is 11.8 Å². The number of nitrogens with two attached hydrogens (primary N) is 1. The molecule has 114 valence electrons. The van der Waals surface area contributed by atoms with Gasteiger partial charge in [0.1, 0.15) is 0 Å². The molecule has 0 aliphatic carbocycles. The average molecular weight is 312 g/mol. The number of amides is 1. The zero-order valence-electron chi connectivity index (χ0n) is 12.4. The maximum absolute atomic E-state index is 12.9. The van der Waals surface area contributed by atoms with Crippen molar-refractivity contribution in [3.8, 4) is 0 Å². The summed E-state index contributed by atoms with van der Waals surface area (Å²) in [7, 11) is 0. The molecule has 2 N–H and O–H groups in total. The quantitative estimate of drug-likeness (QED) is 0.947. The van der Waals surface area contributed by atoms with Crippen molar-refractivity contribution in [3.63, 3.8) is 0 Å². The molecule has 1 fully saturated rings. The van der Waals surface area contributed by atoms with Gasteiger partial charge in [0.15, 0.2) is 0 Å². The van der Waals surface area contributed by atoms with Crippen LogP contribution in [0.5, 0.6) is 0 Å². The minimum atomic E-state index is 0.109. The van der Waals surface area contributed by atoms with E-state index in [9.17, 15) is 4.79 Å². The van der Waals surface area contributed by atoms with Crippen LogP contribution in [0, 0.1) is 0 Å². The lowest BCUT2D eigenvalue weighted by Crippen LogP contribution is -2.40. The van der Waals surface area contributed by atoms with Crippen LogP contribution in [0.25, 0.3) is 0 Å². The number of benzene rings is 2. The summed E-state index contributed by atoms with van der Waals surface area (Å²) >= 11 is 1.91. The molecule has 1 aliphatic rings. The van der Waals surface area contributed by atoms with Crippen molar-refractivity contribution in [2.75, 3.05) is 18.1 Å². The first-order chi connectivity index (χ1) is 10.8. The Hall–Kier alpha value is -1.78. The third-order valence-corrected chi connectivity index (χ3v) is 5.03. The first kappa shape index (κ1) is 15.1. The second kappa shape index (κ2) is 6.99. The number of rotatable bonds is 3. The minimum Gasteiger partial charge on any atom is -0.330 e. The number of carbonyl (C=O) groups is 1. The van der Waals surface area contributed by atoms with Crippen molar-refractivity contribution >= 4 is 17.7 Å². The van der Waals surface area contributed by atoms with Crippen molar-refractivity contribution < 1.29 is 4.79 Å². The summed E-state index contributed by atoms with van der Waals surface area (Å²) in [5.74, 6) is 2.06. The molecule has 2 aromatic carbocycles. The lowest BCUT2D eigenvalue weighted by atomic mass is 10.0. The molecule has 0 saturated carbocycles. The third kappa shape index (κ3) is 3.18. The Kier molecular flexibility index (Phi) is 4.80. The van der Waals surface area contributed by atoms with E-state index in [1.807, 2.05) is 59.1 Å². The molecule has 2 aromatic rings. The van der Waals surface area contributed by atoms with Gasteiger partial charge in [0, 0.05) is 30.2 Å². The van der Waals surface area contributed by atoms with Crippen LogP contribution in [0.2, 0.25) is 0 Å². The fourth-order valence-corrected chi connectivity index (χ4v) is 3.84. The second-order valence-corrected chi connectivity index (χ2v) is 6.55. The monoisotopic (exact) mass is 312 g/mol. The van der Waals surface area contributed by atoms with Gasteiger partial charge >= 0.3 is 0 Å². The van der Waals surface area contributed by atoms with Crippen molar-refractivity contribution in [2.24, 2.45) is 5.73 Å². The molecule has 1 heterocycles. The topological polar surface area (TPSA) is 46.3 Å². The van der Waals surface area contributed by atoms with Crippen LogP contribution in [-0.4, -0.2) is 28.9 Å². The Balaban J connectivity index is 1.85. The lowest BCUT2D eigenvalue weighted by molar-refractivity contribution is 0.0701. The molecular weight excluding hydrogens is 292 g/mol. The normalized spacial score (nSPS) is 18.2. The summed E-state index contributed by atoms with van der Waals surface area (Å²) in [6.45, 7) is 1.29. The van der Waals surface area contributed by atoms with Gasteiger partial charge in [-0.05, 0) is 23.3 Å². The van der Waals surface area contributed by atoms with Gasteiger partial charge in [0.05, 0.1) is 6.04 Å². The predicted octanol–water partition coefficient (Wildman–Crippen LogP) is 3.08. The zero-order valence-corrected chi connectivity index (χ0v) is 13.3. The van der Waals surface area contributed by atoms with Crippen molar-refractivity contribution in [3.05, 3.63) is 71.3 Å². The van der Waals surface area contributed by atoms with Crippen LogP contribution < -0.4 is 5.73 Å². The number of nitrogens with zero attached hydrogens (tertiary/aromatic N) is 1. The Bertz CT molecular complexity index is 627. The molecular formula is C18H20N2OS. The third-order valence-electron chi connectivity index (χ3n) is 4.01. The molecule has 22 heavy (non-hydrogen) atoms. The molecule has 0 spiro atoms. The number of carbonyl (C=O) groups excluding carboxylic acids is 1. The van der Waals surface area contributed by atoms with Gasteiger partial charge < -0.3 is 10.6 Å². The summed E-state index contributed by atoms with van der Waals surface area (Å²) in [4.78, 5) is 14.9. The first-order valence-electron chi connectivity index (χ1n) is 7.52. The molecule has 1 aliphatic heterocycles. The molecule has 1 amide bonds. The van der Waals surface area contributed by atoms with Gasteiger partial charge in [-0.1, -0.05) is 42.5 Å². The van der Waals surface area contributed by atoms with Crippen LogP contribution >= 0.6 is 11.8 Å². The van der Waals surface area contributed by atoms with E-state index < -0.39 is 0 Å². The number of thioether (sulfide) groups is 1. The van der Waals surface area contributed by atoms with Crippen LogP contribution in [0.4, 0.5) is 0 Å². The van der Waals surface area contributed by atoms with Crippen molar-refractivity contribution in [1.29, 1.82) is 0 Å². The van der Waals surface area contributed by atoms with Gasteiger partial charge in [-0.15, -0.1) is 0 Å². The first-order valence-corrected chi connectivity index (χ1v) is 8.67. The summed E-state index contributed by atoms with van der Waals surface area (Å²) in [5.41, 5.74) is 8.62. The highest BCUT2D eigenvalue weighted by Gasteiger charge is 2.28. The summed E-state index contributed by atoms with van der Waals surface area (Å²) in [5, 5.41) is 0. The molecule has 0 bridgehead atoms. The SMILES string of the molecule is NCc1ccc(C(=O)N2CCSCC2c2ccccc2)cc1. The maximum atomic E-state index is 12.9. The second-order valence-electron chi connectivity index (χ2n) is 5.40. The van der Waals surface area contributed by atoms with Crippen LogP contribution in [-0.2, 0) is 6.54 Å². The highest BCUT2D eigenvalue weighted by molar-refractivity contribution is 7.99. The minimum absolute atomic E-state index is 0.109. The lowest BCUT2D eigenvalue weighted by Gasteiger charge is -2.36. The Morgan fingerprint density at radius 1 is 1.14 bits per heavy atom. The summed E-state index contributed by atoms with van der Waals surface area (Å²) < 4.78 is 0. The number of hydrogen-bond donors (Lipinski definition) is 1. The number of hydrogen-bond acceptors (Lipinski definition) is 3. The molecule has 1 unspecified atom stereocenters. The van der Waals surface area contributed by atoms with E-state index in [4.69, 9.17) is 5.73 Å². The summed E-state index contributed by atoms with van der Waals surface area (Å²) in [6, 6.07) is 18.1. The van der Waals surface area contributed by atoms with Crippen LogP contribution in [0.1, 0.15) is 27.5 Å². The molecule has 1 saturated heterocycles. The van der Waals surface area contributed by atoms with Crippen LogP contribution in [0.3, 0.4) is 0 Å². The molecule has 4 heteroatoms. The molecule has 0 aromatic heterocycles. The average Bonchev–Trinajstić information content (AvgIpc) is 2.62. The molecule has 0 radical (unpaired) electrons. The van der Waals surface area contributed by atoms with E-state index in [-0.39, 0.29) is 11.9 Å². The smallest absolute Gasteiger partial charge is 0.254 e. The van der Waals surface area contributed by atoms with E-state index >= 15 is 0 Å². The van der Waals surface area contributed by atoms with E-state index in [0.717, 1.165) is 29.2 Å². The fraction of sp³-hybridized carbons (Fsp3) is 0.278. The Morgan fingerprint density at radius 3 is 2.55 bits per heavy atom. The van der Waals surface area contributed by atoms with E-state index in [0.29, 0.717) is 6.54 Å². The maximum Gasteiger partial charge on any atom is 0.254 e. The highest BCUT2D eigenvalue weighted by Crippen LogP contribution is 2.30. The Morgan fingerprint density at radius 2 is 1.86 bits per heavy atom. The van der Waals surface area contributed by atoms with Crippen molar-refractivity contribution in [2.45, 2.75) is 12.6 Å². The zero-order chi connectivity index (χ0) is 15.4. The molecule has 3 nitrogen and oxygen atoms in total.